The van der Waals surface area contributed by atoms with E-state index in [0.29, 0.717) is 18.8 Å². The van der Waals surface area contributed by atoms with Crippen molar-refractivity contribution in [2.24, 2.45) is 0 Å². The molecule has 118 valence electrons. The van der Waals surface area contributed by atoms with Gasteiger partial charge in [-0.3, -0.25) is 4.79 Å². The molecule has 1 aromatic heterocycles. The van der Waals surface area contributed by atoms with E-state index < -0.39 is 0 Å². The molecule has 1 aromatic carbocycles. The van der Waals surface area contributed by atoms with Crippen LogP contribution in [0.1, 0.15) is 22.6 Å². The minimum absolute atomic E-state index is 0.0203. The molecule has 0 aliphatic rings. The molecule has 2 rings (SSSR count). The second-order valence-electron chi connectivity index (χ2n) is 5.02. The SMILES string of the molecule is CNC(=O)COc1cccc(CNCc2c(C)noc2C)c1. The molecule has 0 aliphatic carbocycles. The number of rotatable bonds is 7. The average Bonchev–Trinajstić information content (AvgIpc) is 2.85. The van der Waals surface area contributed by atoms with Crippen LogP contribution in [0, 0.1) is 13.8 Å². The molecule has 22 heavy (non-hydrogen) atoms. The fourth-order valence-corrected chi connectivity index (χ4v) is 2.05. The maximum absolute atomic E-state index is 11.2. The van der Waals surface area contributed by atoms with E-state index in [-0.39, 0.29) is 12.5 Å². The first-order valence-corrected chi connectivity index (χ1v) is 7.15. The molecule has 1 amide bonds. The summed E-state index contributed by atoms with van der Waals surface area (Å²) < 4.78 is 10.6. The molecule has 0 spiro atoms. The lowest BCUT2D eigenvalue weighted by molar-refractivity contribution is -0.122. The Hall–Kier alpha value is -2.34. The number of aryl methyl sites for hydroxylation is 2. The molecule has 0 fully saturated rings. The molecule has 0 saturated carbocycles. The van der Waals surface area contributed by atoms with Crippen LogP contribution in [0.5, 0.6) is 5.75 Å². The lowest BCUT2D eigenvalue weighted by atomic mass is 10.2. The molecule has 2 N–H and O–H groups in total. The third-order valence-corrected chi connectivity index (χ3v) is 3.36. The number of amides is 1. The van der Waals surface area contributed by atoms with Crippen LogP contribution < -0.4 is 15.4 Å². The van der Waals surface area contributed by atoms with Crippen molar-refractivity contribution in [1.29, 1.82) is 0 Å². The topological polar surface area (TPSA) is 76.4 Å². The minimum Gasteiger partial charge on any atom is -0.484 e. The lowest BCUT2D eigenvalue weighted by Gasteiger charge is -2.08. The van der Waals surface area contributed by atoms with E-state index in [9.17, 15) is 4.79 Å². The van der Waals surface area contributed by atoms with Crippen molar-refractivity contribution in [3.8, 4) is 5.75 Å². The Labute approximate surface area is 129 Å². The van der Waals surface area contributed by atoms with Crippen LogP contribution >= 0.6 is 0 Å². The highest BCUT2D eigenvalue weighted by atomic mass is 16.5. The molecule has 0 aliphatic heterocycles. The van der Waals surface area contributed by atoms with Gasteiger partial charge in [-0.15, -0.1) is 0 Å². The Morgan fingerprint density at radius 3 is 2.82 bits per heavy atom. The lowest BCUT2D eigenvalue weighted by Crippen LogP contribution is -2.24. The molecule has 0 bridgehead atoms. The van der Waals surface area contributed by atoms with Gasteiger partial charge < -0.3 is 19.9 Å². The van der Waals surface area contributed by atoms with E-state index in [0.717, 1.165) is 22.6 Å². The second-order valence-corrected chi connectivity index (χ2v) is 5.02. The zero-order valence-electron chi connectivity index (χ0n) is 13.1. The molecule has 1 heterocycles. The van der Waals surface area contributed by atoms with Crippen LogP contribution in [-0.4, -0.2) is 24.7 Å². The Bertz CT molecular complexity index is 618. The summed E-state index contributed by atoms with van der Waals surface area (Å²) in [4.78, 5) is 11.2. The normalized spacial score (nSPS) is 10.5. The summed E-state index contributed by atoms with van der Waals surface area (Å²) in [6, 6.07) is 7.67. The summed E-state index contributed by atoms with van der Waals surface area (Å²) in [6.45, 7) is 5.25. The highest BCUT2D eigenvalue weighted by molar-refractivity contribution is 5.77. The number of likely N-dealkylation sites (N-methyl/N-ethyl adjacent to an activating group) is 1. The summed E-state index contributed by atoms with van der Waals surface area (Å²) in [6.07, 6.45) is 0. The number of carbonyl (C=O) groups is 1. The van der Waals surface area contributed by atoms with Gasteiger partial charge in [-0.25, -0.2) is 0 Å². The van der Waals surface area contributed by atoms with Crippen LogP contribution in [0.25, 0.3) is 0 Å². The molecule has 0 unspecified atom stereocenters. The zero-order chi connectivity index (χ0) is 15.9. The van der Waals surface area contributed by atoms with Crippen LogP contribution in [0.15, 0.2) is 28.8 Å². The Kier molecular flexibility index (Phi) is 5.55. The summed E-state index contributed by atoms with van der Waals surface area (Å²) in [5.41, 5.74) is 3.08. The quantitative estimate of drug-likeness (QED) is 0.814. The van der Waals surface area contributed by atoms with Gasteiger partial charge in [0.25, 0.3) is 5.91 Å². The van der Waals surface area contributed by atoms with Gasteiger partial charge in [-0.2, -0.15) is 0 Å². The molecule has 6 nitrogen and oxygen atoms in total. The number of carbonyl (C=O) groups excluding carboxylic acids is 1. The van der Waals surface area contributed by atoms with Crippen LogP contribution in [0.2, 0.25) is 0 Å². The number of hydrogen-bond acceptors (Lipinski definition) is 5. The summed E-state index contributed by atoms with van der Waals surface area (Å²) >= 11 is 0. The number of nitrogens with one attached hydrogen (secondary N) is 2. The molecule has 6 heteroatoms. The van der Waals surface area contributed by atoms with Gasteiger partial charge in [-0.1, -0.05) is 17.3 Å². The first-order valence-electron chi connectivity index (χ1n) is 7.15. The van der Waals surface area contributed by atoms with Crippen LogP contribution in [0.3, 0.4) is 0 Å². The minimum atomic E-state index is -0.151. The first-order chi connectivity index (χ1) is 10.6. The van der Waals surface area contributed by atoms with Crippen molar-refractivity contribution in [2.45, 2.75) is 26.9 Å². The summed E-state index contributed by atoms with van der Waals surface area (Å²) in [7, 11) is 1.58. The summed E-state index contributed by atoms with van der Waals surface area (Å²) in [5.74, 6) is 1.37. The average molecular weight is 303 g/mol. The van der Waals surface area contributed by atoms with Gasteiger partial charge in [0.1, 0.15) is 11.5 Å². The van der Waals surface area contributed by atoms with Gasteiger partial charge in [0, 0.05) is 25.7 Å². The Morgan fingerprint density at radius 2 is 2.14 bits per heavy atom. The van der Waals surface area contributed by atoms with Crippen LogP contribution in [0.4, 0.5) is 0 Å². The van der Waals surface area contributed by atoms with Crippen molar-refractivity contribution in [1.82, 2.24) is 15.8 Å². The smallest absolute Gasteiger partial charge is 0.257 e. The van der Waals surface area contributed by atoms with Crippen LogP contribution in [-0.2, 0) is 17.9 Å². The molecular weight excluding hydrogens is 282 g/mol. The number of hydrogen-bond donors (Lipinski definition) is 2. The third-order valence-electron chi connectivity index (χ3n) is 3.36. The molecular formula is C16H21N3O3. The fraction of sp³-hybridized carbons (Fsp3) is 0.375. The summed E-state index contributed by atoms with van der Waals surface area (Å²) in [5, 5.41) is 9.81. The molecule has 0 saturated heterocycles. The Morgan fingerprint density at radius 1 is 1.32 bits per heavy atom. The fourth-order valence-electron chi connectivity index (χ4n) is 2.05. The predicted molar refractivity (Wildman–Crippen MR) is 82.5 cm³/mol. The van der Waals surface area contributed by atoms with Gasteiger partial charge in [0.15, 0.2) is 6.61 Å². The Balaban J connectivity index is 1.86. The maximum atomic E-state index is 11.2. The molecule has 0 radical (unpaired) electrons. The molecule has 2 aromatic rings. The highest BCUT2D eigenvalue weighted by Crippen LogP contribution is 2.14. The highest BCUT2D eigenvalue weighted by Gasteiger charge is 2.08. The standard InChI is InChI=1S/C16H21N3O3/c1-11-15(12(2)22-19-11)9-18-8-13-5-4-6-14(7-13)21-10-16(20)17-3/h4-7,18H,8-10H2,1-3H3,(H,17,20). The van der Waals surface area contributed by atoms with Crippen molar-refractivity contribution >= 4 is 5.91 Å². The van der Waals surface area contributed by atoms with Crippen molar-refractivity contribution in [2.75, 3.05) is 13.7 Å². The van der Waals surface area contributed by atoms with Crippen molar-refractivity contribution in [3.63, 3.8) is 0 Å². The number of ether oxygens (including phenoxy) is 1. The van der Waals surface area contributed by atoms with E-state index in [1.165, 1.54) is 0 Å². The van der Waals surface area contributed by atoms with Crippen molar-refractivity contribution < 1.29 is 14.1 Å². The number of aromatic nitrogens is 1. The van der Waals surface area contributed by atoms with Gasteiger partial charge in [0.2, 0.25) is 0 Å². The first kappa shape index (κ1) is 16.0. The van der Waals surface area contributed by atoms with Gasteiger partial charge in [-0.05, 0) is 31.5 Å². The zero-order valence-corrected chi connectivity index (χ0v) is 13.1. The van der Waals surface area contributed by atoms with E-state index in [1.54, 1.807) is 7.05 Å². The van der Waals surface area contributed by atoms with E-state index in [2.05, 4.69) is 15.8 Å². The molecule has 0 atom stereocenters. The van der Waals surface area contributed by atoms with E-state index in [4.69, 9.17) is 9.26 Å². The van der Waals surface area contributed by atoms with Gasteiger partial charge in [0.05, 0.1) is 5.69 Å². The third kappa shape index (κ3) is 4.33. The van der Waals surface area contributed by atoms with E-state index in [1.807, 2.05) is 38.1 Å². The largest absolute Gasteiger partial charge is 0.484 e. The predicted octanol–water partition coefficient (Wildman–Crippen LogP) is 1.71. The monoisotopic (exact) mass is 303 g/mol. The van der Waals surface area contributed by atoms with Crippen molar-refractivity contribution in [3.05, 3.63) is 46.8 Å². The van der Waals surface area contributed by atoms with Gasteiger partial charge >= 0.3 is 0 Å². The number of nitrogens with zero attached hydrogens (tertiary/aromatic N) is 1. The second kappa shape index (κ2) is 7.61. The maximum Gasteiger partial charge on any atom is 0.257 e. The number of benzene rings is 1. The van der Waals surface area contributed by atoms with E-state index >= 15 is 0 Å².